The first-order valence-corrected chi connectivity index (χ1v) is 9.34. The van der Waals surface area contributed by atoms with Crippen LogP contribution in [0.5, 0.6) is 0 Å². The Labute approximate surface area is 165 Å². The average Bonchev–Trinajstić information content (AvgIpc) is 2.67. The highest BCUT2D eigenvalue weighted by Gasteiger charge is 2.30. The zero-order valence-electron chi connectivity index (χ0n) is 16.4. The number of hydrogen-bond acceptors (Lipinski definition) is 3. The lowest BCUT2D eigenvalue weighted by Crippen LogP contribution is -2.40. The fourth-order valence-electron chi connectivity index (χ4n) is 3.64. The minimum atomic E-state index is -0.306. The van der Waals surface area contributed by atoms with Crippen molar-refractivity contribution in [3.8, 4) is 0 Å². The number of carbonyl (C=O) groups is 3. The van der Waals surface area contributed by atoms with E-state index in [1.807, 2.05) is 24.3 Å². The molecule has 6 nitrogen and oxygen atoms in total. The van der Waals surface area contributed by atoms with Gasteiger partial charge in [-0.25, -0.2) is 0 Å². The lowest BCUT2D eigenvalue weighted by molar-refractivity contribution is -0.132. The maximum Gasteiger partial charge on any atom is 0.255 e. The van der Waals surface area contributed by atoms with Crippen molar-refractivity contribution in [3.05, 3.63) is 65.2 Å². The number of anilines is 1. The van der Waals surface area contributed by atoms with Crippen LogP contribution in [0.1, 0.15) is 40.9 Å². The van der Waals surface area contributed by atoms with Gasteiger partial charge in [-0.05, 0) is 29.7 Å². The van der Waals surface area contributed by atoms with Gasteiger partial charge in [-0.1, -0.05) is 36.4 Å². The van der Waals surface area contributed by atoms with Crippen LogP contribution in [-0.4, -0.2) is 48.2 Å². The molecule has 0 aromatic heterocycles. The molecule has 0 spiro atoms. The van der Waals surface area contributed by atoms with Crippen molar-refractivity contribution < 1.29 is 14.4 Å². The number of hydrogen-bond donors (Lipinski definition) is 1. The Morgan fingerprint density at radius 1 is 1.07 bits per heavy atom. The van der Waals surface area contributed by atoms with Crippen molar-refractivity contribution in [2.24, 2.45) is 0 Å². The van der Waals surface area contributed by atoms with Gasteiger partial charge in [0.2, 0.25) is 11.8 Å². The second kappa shape index (κ2) is 8.25. The molecular weight excluding hydrogens is 354 g/mol. The summed E-state index contributed by atoms with van der Waals surface area (Å²) in [6.45, 7) is 2.13. The van der Waals surface area contributed by atoms with Crippen molar-refractivity contribution >= 4 is 23.4 Å². The maximum absolute atomic E-state index is 12.8. The van der Waals surface area contributed by atoms with Gasteiger partial charge in [0.15, 0.2) is 0 Å². The molecule has 1 heterocycles. The highest BCUT2D eigenvalue weighted by molar-refractivity contribution is 6.03. The average molecular weight is 379 g/mol. The molecule has 1 aliphatic rings. The summed E-state index contributed by atoms with van der Waals surface area (Å²) >= 11 is 0. The van der Waals surface area contributed by atoms with E-state index in [2.05, 4.69) is 5.32 Å². The molecule has 0 saturated heterocycles. The smallest absolute Gasteiger partial charge is 0.255 e. The van der Waals surface area contributed by atoms with Crippen LogP contribution in [0.15, 0.2) is 48.5 Å². The summed E-state index contributed by atoms with van der Waals surface area (Å²) in [7, 11) is 3.34. The normalized spacial score (nSPS) is 15.5. The van der Waals surface area contributed by atoms with E-state index in [0.717, 1.165) is 12.0 Å². The van der Waals surface area contributed by atoms with Crippen molar-refractivity contribution in [2.45, 2.75) is 25.8 Å². The van der Waals surface area contributed by atoms with E-state index in [1.54, 1.807) is 43.3 Å². The highest BCUT2D eigenvalue weighted by atomic mass is 16.2. The number of para-hydroxylation sites is 1. The van der Waals surface area contributed by atoms with E-state index in [0.29, 0.717) is 17.8 Å². The highest BCUT2D eigenvalue weighted by Crippen LogP contribution is 2.32. The molecular formula is C22H25N3O3. The van der Waals surface area contributed by atoms with Crippen molar-refractivity contribution in [1.82, 2.24) is 9.80 Å². The van der Waals surface area contributed by atoms with Crippen LogP contribution in [-0.2, 0) is 16.0 Å². The molecule has 1 N–H and O–H groups in total. The first kappa shape index (κ1) is 19.6. The van der Waals surface area contributed by atoms with Crippen LogP contribution in [0.4, 0.5) is 5.69 Å². The zero-order valence-corrected chi connectivity index (χ0v) is 16.4. The molecule has 28 heavy (non-hydrogen) atoms. The number of benzene rings is 2. The summed E-state index contributed by atoms with van der Waals surface area (Å²) in [5.74, 6) is -0.452. The molecule has 6 heteroatoms. The van der Waals surface area contributed by atoms with Gasteiger partial charge < -0.3 is 15.1 Å². The quantitative estimate of drug-likeness (QED) is 0.888. The molecule has 3 rings (SSSR count). The Kier molecular flexibility index (Phi) is 5.78. The van der Waals surface area contributed by atoms with Gasteiger partial charge in [0.05, 0.1) is 23.7 Å². The predicted octanol–water partition coefficient (Wildman–Crippen LogP) is 2.86. The van der Waals surface area contributed by atoms with E-state index in [1.165, 1.54) is 17.4 Å². The molecule has 0 aliphatic carbocycles. The summed E-state index contributed by atoms with van der Waals surface area (Å²) in [6.07, 6.45) is 0.926. The van der Waals surface area contributed by atoms with Gasteiger partial charge in [-0.15, -0.1) is 0 Å². The summed E-state index contributed by atoms with van der Waals surface area (Å²) in [6, 6.07) is 14.6. The summed E-state index contributed by atoms with van der Waals surface area (Å²) in [4.78, 5) is 40.5. The monoisotopic (exact) mass is 379 g/mol. The third-order valence-corrected chi connectivity index (χ3v) is 5.03. The van der Waals surface area contributed by atoms with Crippen molar-refractivity contribution in [2.75, 3.05) is 26.0 Å². The van der Waals surface area contributed by atoms with Crippen LogP contribution >= 0.6 is 0 Å². The maximum atomic E-state index is 12.8. The fraction of sp³-hybridized carbons (Fsp3) is 0.318. The molecule has 0 fully saturated rings. The second-order valence-electron chi connectivity index (χ2n) is 7.17. The molecule has 0 saturated carbocycles. The lowest BCUT2D eigenvalue weighted by atomic mass is 9.90. The van der Waals surface area contributed by atoms with Gasteiger partial charge in [-0.3, -0.25) is 14.4 Å². The SMILES string of the molecule is CC(=O)N1CCc2ccccc2C1CC(=O)Nc1ccccc1C(=O)N(C)C. The van der Waals surface area contributed by atoms with Crippen LogP contribution in [0.2, 0.25) is 0 Å². The first-order valence-electron chi connectivity index (χ1n) is 9.34. The lowest BCUT2D eigenvalue weighted by Gasteiger charge is -2.36. The van der Waals surface area contributed by atoms with Crippen molar-refractivity contribution in [3.63, 3.8) is 0 Å². The van der Waals surface area contributed by atoms with Crippen LogP contribution < -0.4 is 5.32 Å². The van der Waals surface area contributed by atoms with E-state index in [-0.39, 0.29) is 30.2 Å². The van der Waals surface area contributed by atoms with E-state index >= 15 is 0 Å². The van der Waals surface area contributed by atoms with Crippen LogP contribution in [0.25, 0.3) is 0 Å². The van der Waals surface area contributed by atoms with Gasteiger partial charge in [-0.2, -0.15) is 0 Å². The number of carbonyl (C=O) groups excluding carboxylic acids is 3. The molecule has 1 aliphatic heterocycles. The van der Waals surface area contributed by atoms with Gasteiger partial charge in [0.25, 0.3) is 5.91 Å². The second-order valence-corrected chi connectivity index (χ2v) is 7.17. The molecule has 1 atom stereocenters. The first-order chi connectivity index (χ1) is 13.4. The topological polar surface area (TPSA) is 69.7 Å². The third kappa shape index (κ3) is 4.06. The zero-order chi connectivity index (χ0) is 20.3. The largest absolute Gasteiger partial charge is 0.345 e. The number of nitrogens with one attached hydrogen (secondary N) is 1. The Morgan fingerprint density at radius 2 is 1.75 bits per heavy atom. The molecule has 2 aromatic carbocycles. The predicted molar refractivity (Wildman–Crippen MR) is 108 cm³/mol. The van der Waals surface area contributed by atoms with E-state index in [4.69, 9.17) is 0 Å². The molecule has 1 unspecified atom stereocenters. The number of fused-ring (bicyclic) bond motifs is 1. The van der Waals surface area contributed by atoms with E-state index in [9.17, 15) is 14.4 Å². The number of rotatable bonds is 4. The number of amides is 3. The van der Waals surface area contributed by atoms with Gasteiger partial charge in [0.1, 0.15) is 0 Å². The molecule has 0 radical (unpaired) electrons. The Morgan fingerprint density at radius 3 is 2.46 bits per heavy atom. The Balaban J connectivity index is 1.83. The Bertz CT molecular complexity index is 907. The fourth-order valence-corrected chi connectivity index (χ4v) is 3.64. The summed E-state index contributed by atoms with van der Waals surface area (Å²) in [5.41, 5.74) is 3.09. The third-order valence-electron chi connectivity index (χ3n) is 5.03. The Hall–Kier alpha value is -3.15. The van der Waals surface area contributed by atoms with E-state index < -0.39 is 0 Å². The minimum absolute atomic E-state index is 0.0458. The molecule has 2 aromatic rings. The molecule has 0 bridgehead atoms. The standard InChI is InChI=1S/C22H25N3O3/c1-15(26)25-13-12-16-8-4-5-9-17(16)20(25)14-21(27)23-19-11-7-6-10-18(19)22(28)24(2)3/h4-11,20H,12-14H2,1-3H3,(H,23,27). The van der Waals surface area contributed by atoms with Crippen LogP contribution in [0.3, 0.4) is 0 Å². The number of nitrogens with zero attached hydrogens (tertiary/aromatic N) is 2. The van der Waals surface area contributed by atoms with Crippen molar-refractivity contribution in [1.29, 1.82) is 0 Å². The summed E-state index contributed by atoms with van der Waals surface area (Å²) < 4.78 is 0. The van der Waals surface area contributed by atoms with Gasteiger partial charge >= 0.3 is 0 Å². The molecule has 3 amide bonds. The minimum Gasteiger partial charge on any atom is -0.345 e. The van der Waals surface area contributed by atoms with Gasteiger partial charge in [0, 0.05) is 27.6 Å². The summed E-state index contributed by atoms with van der Waals surface area (Å²) in [5, 5.41) is 2.86. The molecule has 146 valence electrons. The van der Waals surface area contributed by atoms with Crippen LogP contribution in [0, 0.1) is 0 Å².